The van der Waals surface area contributed by atoms with Crippen molar-refractivity contribution in [3.05, 3.63) is 33.4 Å². The molecule has 0 aliphatic carbocycles. The fourth-order valence-electron chi connectivity index (χ4n) is 2.65. The second-order valence-electron chi connectivity index (χ2n) is 6.09. The van der Waals surface area contributed by atoms with Crippen LogP contribution in [0.5, 0.6) is 0 Å². The largest absolute Gasteiger partial charge is 0.464 e. The third kappa shape index (κ3) is 4.13. The fraction of sp³-hybridized carbons (Fsp3) is 0.500. The number of ether oxygens (including phenoxy) is 1. The number of nitrogens with one attached hydrogen (secondary N) is 1. The molecular formula is C16H22N6O5. The zero-order chi connectivity index (χ0) is 20.3. The van der Waals surface area contributed by atoms with Gasteiger partial charge in [-0.15, -0.1) is 0 Å². The number of hydrogen-bond acceptors (Lipinski definition) is 7. The van der Waals surface area contributed by atoms with E-state index in [4.69, 9.17) is 0 Å². The highest BCUT2D eigenvalue weighted by Gasteiger charge is 2.25. The lowest BCUT2D eigenvalue weighted by Crippen LogP contribution is -2.26. The third-order valence-electron chi connectivity index (χ3n) is 4.14. The predicted octanol–water partition coefficient (Wildman–Crippen LogP) is 1.69. The molecule has 1 unspecified atom stereocenters. The van der Waals surface area contributed by atoms with Gasteiger partial charge in [0.1, 0.15) is 11.4 Å². The summed E-state index contributed by atoms with van der Waals surface area (Å²) in [5.41, 5.74) is 0.884. The maximum Gasteiger partial charge on any atom is 0.360 e. The van der Waals surface area contributed by atoms with Crippen molar-refractivity contribution in [2.45, 2.75) is 40.8 Å². The number of nitro groups is 1. The number of anilines is 1. The molecule has 0 fully saturated rings. The van der Waals surface area contributed by atoms with Gasteiger partial charge in [0.05, 0.1) is 30.2 Å². The Morgan fingerprint density at radius 2 is 2.04 bits per heavy atom. The molecule has 1 amide bonds. The Morgan fingerprint density at radius 1 is 1.37 bits per heavy atom. The number of hydrogen-bond donors (Lipinski definition) is 1. The van der Waals surface area contributed by atoms with Crippen LogP contribution in [-0.2, 0) is 22.6 Å². The quantitative estimate of drug-likeness (QED) is 0.440. The smallest absolute Gasteiger partial charge is 0.360 e. The molecule has 0 bridgehead atoms. The SMILES string of the molecule is CCn1cc(NC(=O)C(C)Cn2nc(C)c([N+](=O)[O-])c2C)c(C(=O)OC)n1. The maximum absolute atomic E-state index is 12.5. The van der Waals surface area contributed by atoms with Gasteiger partial charge in [-0.2, -0.15) is 10.2 Å². The second-order valence-corrected chi connectivity index (χ2v) is 6.09. The number of aromatic nitrogens is 4. The van der Waals surface area contributed by atoms with Gasteiger partial charge in [-0.25, -0.2) is 4.79 Å². The van der Waals surface area contributed by atoms with Crippen LogP contribution in [0.15, 0.2) is 6.20 Å². The van der Waals surface area contributed by atoms with Crippen LogP contribution in [-0.4, -0.2) is 43.5 Å². The summed E-state index contributed by atoms with van der Waals surface area (Å²) >= 11 is 0. The average Bonchev–Trinajstić information content (AvgIpc) is 3.14. The lowest BCUT2D eigenvalue weighted by molar-refractivity contribution is -0.386. The molecule has 1 N–H and O–H groups in total. The summed E-state index contributed by atoms with van der Waals surface area (Å²) in [6.07, 6.45) is 1.55. The molecule has 2 heterocycles. The van der Waals surface area contributed by atoms with E-state index in [-0.39, 0.29) is 29.5 Å². The van der Waals surface area contributed by atoms with Crippen molar-refractivity contribution in [1.29, 1.82) is 0 Å². The zero-order valence-electron chi connectivity index (χ0n) is 15.8. The van der Waals surface area contributed by atoms with Gasteiger partial charge in [0.2, 0.25) is 5.91 Å². The van der Waals surface area contributed by atoms with E-state index in [2.05, 4.69) is 20.3 Å². The molecule has 27 heavy (non-hydrogen) atoms. The van der Waals surface area contributed by atoms with Gasteiger partial charge in [-0.05, 0) is 20.8 Å². The van der Waals surface area contributed by atoms with E-state index in [9.17, 15) is 19.7 Å². The molecule has 2 rings (SSSR count). The number of carbonyl (C=O) groups excluding carboxylic acids is 2. The second kappa shape index (κ2) is 7.98. The van der Waals surface area contributed by atoms with Gasteiger partial charge in [-0.3, -0.25) is 24.3 Å². The Bertz CT molecular complexity index is 884. The van der Waals surface area contributed by atoms with Crippen molar-refractivity contribution >= 4 is 23.3 Å². The van der Waals surface area contributed by atoms with Crippen LogP contribution in [0.2, 0.25) is 0 Å². The topological polar surface area (TPSA) is 134 Å². The first-order valence-corrected chi connectivity index (χ1v) is 8.34. The molecule has 0 saturated carbocycles. The first-order valence-electron chi connectivity index (χ1n) is 8.34. The Balaban J connectivity index is 2.18. The van der Waals surface area contributed by atoms with Crippen LogP contribution < -0.4 is 5.32 Å². The number of methoxy groups -OCH3 is 1. The minimum Gasteiger partial charge on any atom is -0.464 e. The summed E-state index contributed by atoms with van der Waals surface area (Å²) in [5.74, 6) is -1.58. The van der Waals surface area contributed by atoms with Gasteiger partial charge in [0, 0.05) is 12.7 Å². The monoisotopic (exact) mass is 378 g/mol. The molecule has 0 radical (unpaired) electrons. The summed E-state index contributed by atoms with van der Waals surface area (Å²) in [5, 5.41) is 22.0. The molecule has 2 aromatic rings. The van der Waals surface area contributed by atoms with E-state index in [0.717, 1.165) is 0 Å². The molecular weight excluding hydrogens is 356 g/mol. The summed E-state index contributed by atoms with van der Waals surface area (Å²) < 4.78 is 7.63. The molecule has 0 aliphatic heterocycles. The highest BCUT2D eigenvalue weighted by Crippen LogP contribution is 2.23. The standard InChI is InChI=1S/C16H22N6O5/c1-6-20-8-12(13(19-20)16(24)27-5)17-15(23)9(2)7-21-11(4)14(22(25)26)10(3)18-21/h8-9H,6-7H2,1-5H3,(H,17,23). The molecule has 146 valence electrons. The maximum atomic E-state index is 12.5. The molecule has 0 spiro atoms. The first kappa shape index (κ1) is 20.1. The van der Waals surface area contributed by atoms with Crippen LogP contribution in [0.3, 0.4) is 0 Å². The number of aryl methyl sites for hydroxylation is 2. The van der Waals surface area contributed by atoms with Crippen molar-refractivity contribution in [1.82, 2.24) is 19.6 Å². The predicted molar refractivity (Wildman–Crippen MR) is 95.4 cm³/mol. The number of carbonyl (C=O) groups is 2. The fourth-order valence-corrected chi connectivity index (χ4v) is 2.65. The molecule has 0 aromatic carbocycles. The molecule has 11 nitrogen and oxygen atoms in total. The van der Waals surface area contributed by atoms with E-state index in [1.54, 1.807) is 27.0 Å². The Labute approximate surface area is 155 Å². The number of rotatable bonds is 7. The van der Waals surface area contributed by atoms with E-state index in [1.807, 2.05) is 6.92 Å². The summed E-state index contributed by atoms with van der Waals surface area (Å²) in [6.45, 7) is 7.32. The number of nitrogens with zero attached hydrogens (tertiary/aromatic N) is 5. The number of esters is 1. The minimum atomic E-state index is -0.653. The van der Waals surface area contributed by atoms with Gasteiger partial charge >= 0.3 is 11.7 Å². The highest BCUT2D eigenvalue weighted by molar-refractivity contribution is 6.00. The van der Waals surface area contributed by atoms with Crippen molar-refractivity contribution < 1.29 is 19.2 Å². The highest BCUT2D eigenvalue weighted by atomic mass is 16.6. The number of amides is 1. The van der Waals surface area contributed by atoms with Gasteiger partial charge in [0.15, 0.2) is 5.69 Å². The Kier molecular flexibility index (Phi) is 5.93. The average molecular weight is 378 g/mol. The van der Waals surface area contributed by atoms with E-state index in [0.29, 0.717) is 17.9 Å². The third-order valence-corrected chi connectivity index (χ3v) is 4.14. The molecule has 0 saturated heterocycles. The van der Waals surface area contributed by atoms with E-state index >= 15 is 0 Å². The molecule has 2 aromatic heterocycles. The molecule has 1 atom stereocenters. The molecule has 0 aliphatic rings. The van der Waals surface area contributed by atoms with Crippen molar-refractivity contribution in [2.24, 2.45) is 5.92 Å². The van der Waals surface area contributed by atoms with Gasteiger partial charge < -0.3 is 10.1 Å². The van der Waals surface area contributed by atoms with Crippen LogP contribution >= 0.6 is 0 Å². The zero-order valence-corrected chi connectivity index (χ0v) is 15.8. The lowest BCUT2D eigenvalue weighted by atomic mass is 10.1. The van der Waals surface area contributed by atoms with Crippen molar-refractivity contribution in [3.63, 3.8) is 0 Å². The van der Waals surface area contributed by atoms with Crippen molar-refractivity contribution in [2.75, 3.05) is 12.4 Å². The van der Waals surface area contributed by atoms with E-state index < -0.39 is 16.8 Å². The van der Waals surface area contributed by atoms with Gasteiger partial charge in [-0.1, -0.05) is 6.92 Å². The summed E-state index contributed by atoms with van der Waals surface area (Å²) in [6, 6.07) is 0. The Morgan fingerprint density at radius 3 is 2.56 bits per heavy atom. The summed E-state index contributed by atoms with van der Waals surface area (Å²) in [7, 11) is 1.23. The van der Waals surface area contributed by atoms with Crippen molar-refractivity contribution in [3.8, 4) is 0 Å². The minimum absolute atomic E-state index is 0.0154. The van der Waals surface area contributed by atoms with Crippen LogP contribution in [0.4, 0.5) is 11.4 Å². The first-order chi connectivity index (χ1) is 12.7. The molecule has 11 heteroatoms. The summed E-state index contributed by atoms with van der Waals surface area (Å²) in [4.78, 5) is 35.0. The Hall–Kier alpha value is -3.24. The lowest BCUT2D eigenvalue weighted by Gasteiger charge is -2.12. The van der Waals surface area contributed by atoms with E-state index in [1.165, 1.54) is 16.5 Å². The normalized spacial score (nSPS) is 11.9. The van der Waals surface area contributed by atoms with Crippen LogP contribution in [0.25, 0.3) is 0 Å². The van der Waals surface area contributed by atoms with Gasteiger partial charge in [0.25, 0.3) is 0 Å². The van der Waals surface area contributed by atoms with Crippen LogP contribution in [0, 0.1) is 29.9 Å². The van der Waals surface area contributed by atoms with Crippen LogP contribution in [0.1, 0.15) is 35.7 Å².